The van der Waals surface area contributed by atoms with Gasteiger partial charge in [0, 0.05) is 0 Å². The number of hydrogen-bond acceptors (Lipinski definition) is 2. The van der Waals surface area contributed by atoms with Crippen molar-refractivity contribution in [1.29, 1.82) is 0 Å². The van der Waals surface area contributed by atoms with E-state index in [-0.39, 0.29) is 6.42 Å². The Hall–Kier alpha value is -1.91. The fourth-order valence-corrected chi connectivity index (χ4v) is 2.32. The molecule has 0 spiro atoms. The first kappa shape index (κ1) is 14.5. The third-order valence-electron chi connectivity index (χ3n) is 3.31. The molecule has 0 unspecified atom stereocenters. The van der Waals surface area contributed by atoms with E-state index in [0.29, 0.717) is 18.4 Å². The zero-order chi connectivity index (χ0) is 14.8. The number of hydrogen-bond donors (Lipinski definition) is 0. The zero-order valence-electron chi connectivity index (χ0n) is 10.6. The summed E-state index contributed by atoms with van der Waals surface area (Å²) >= 11 is 0. The molecule has 0 N–H and O–H groups in total. The Balaban J connectivity index is 2.24. The monoisotopic (exact) mass is 282 g/mol. The van der Waals surface area contributed by atoms with Gasteiger partial charge in [-0.2, -0.15) is 13.2 Å². The minimum Gasteiger partial charge on any atom is -0.294 e. The summed E-state index contributed by atoms with van der Waals surface area (Å²) in [6.45, 7) is 0. The number of carbonyl (C=O) groups excluding carboxylic acids is 2. The van der Waals surface area contributed by atoms with E-state index in [1.165, 1.54) is 0 Å². The summed E-state index contributed by atoms with van der Waals surface area (Å²) in [5, 5.41) is 0. The lowest BCUT2D eigenvalue weighted by molar-refractivity contribution is -0.176. The topological polar surface area (TPSA) is 34.1 Å². The van der Waals surface area contributed by atoms with Crippen LogP contribution in [0.3, 0.4) is 0 Å². The van der Waals surface area contributed by atoms with E-state index in [1.807, 2.05) is 0 Å². The largest absolute Gasteiger partial charge is 0.450 e. The maximum atomic E-state index is 12.4. The highest BCUT2D eigenvalue weighted by atomic mass is 19.4. The number of benzene rings is 1. The fourth-order valence-electron chi connectivity index (χ4n) is 2.32. The molecular formula is C15H13F3O2. The van der Waals surface area contributed by atoms with Crippen molar-refractivity contribution in [3.8, 4) is 0 Å². The average molecular weight is 282 g/mol. The van der Waals surface area contributed by atoms with E-state index >= 15 is 0 Å². The number of halogens is 3. The smallest absolute Gasteiger partial charge is 0.294 e. The van der Waals surface area contributed by atoms with Crippen LogP contribution in [0.25, 0.3) is 6.08 Å². The molecule has 1 saturated carbocycles. The van der Waals surface area contributed by atoms with Gasteiger partial charge in [-0.25, -0.2) is 0 Å². The van der Waals surface area contributed by atoms with Crippen LogP contribution >= 0.6 is 0 Å². The van der Waals surface area contributed by atoms with Gasteiger partial charge in [-0.15, -0.1) is 0 Å². The molecule has 5 heteroatoms. The molecule has 1 atom stereocenters. The Kier molecular flexibility index (Phi) is 4.06. The lowest BCUT2D eigenvalue weighted by atomic mass is 9.81. The van der Waals surface area contributed by atoms with Crippen LogP contribution in [0.4, 0.5) is 13.2 Å². The Morgan fingerprint density at radius 3 is 2.45 bits per heavy atom. The van der Waals surface area contributed by atoms with E-state index in [1.54, 1.807) is 36.4 Å². The Labute approximate surface area is 114 Å². The molecule has 2 rings (SSSR count). The third-order valence-corrected chi connectivity index (χ3v) is 3.31. The van der Waals surface area contributed by atoms with Gasteiger partial charge < -0.3 is 0 Å². The zero-order valence-corrected chi connectivity index (χ0v) is 10.6. The molecule has 0 radical (unpaired) electrons. The van der Waals surface area contributed by atoms with Gasteiger partial charge in [-0.3, -0.25) is 9.59 Å². The van der Waals surface area contributed by atoms with Gasteiger partial charge >= 0.3 is 6.18 Å². The predicted octanol–water partition coefficient (Wildman–Crippen LogP) is 3.57. The molecule has 0 bridgehead atoms. The normalized spacial score (nSPS) is 22.1. The summed E-state index contributed by atoms with van der Waals surface area (Å²) in [4.78, 5) is 23.3. The second kappa shape index (κ2) is 5.61. The Morgan fingerprint density at radius 2 is 1.85 bits per heavy atom. The second-order valence-corrected chi connectivity index (χ2v) is 4.75. The molecule has 20 heavy (non-hydrogen) atoms. The quantitative estimate of drug-likeness (QED) is 0.614. The van der Waals surface area contributed by atoms with Crippen LogP contribution in [0.5, 0.6) is 0 Å². The number of ketones is 2. The van der Waals surface area contributed by atoms with Crippen molar-refractivity contribution in [2.45, 2.75) is 25.4 Å². The molecule has 0 saturated heterocycles. The second-order valence-electron chi connectivity index (χ2n) is 4.75. The van der Waals surface area contributed by atoms with E-state index < -0.39 is 23.7 Å². The van der Waals surface area contributed by atoms with Crippen LogP contribution in [-0.4, -0.2) is 17.7 Å². The molecule has 0 amide bonds. The van der Waals surface area contributed by atoms with Gasteiger partial charge in [0.1, 0.15) is 0 Å². The molecule has 1 aromatic rings. The molecule has 0 aromatic heterocycles. The Morgan fingerprint density at radius 1 is 1.20 bits per heavy atom. The van der Waals surface area contributed by atoms with Crippen molar-refractivity contribution in [2.75, 3.05) is 0 Å². The lowest BCUT2D eigenvalue weighted by Crippen LogP contribution is -2.37. The van der Waals surface area contributed by atoms with E-state index in [4.69, 9.17) is 0 Å². The van der Waals surface area contributed by atoms with Crippen molar-refractivity contribution >= 4 is 17.6 Å². The fraction of sp³-hybridized carbons (Fsp3) is 0.333. The first-order chi connectivity index (χ1) is 9.39. The number of allylic oxidation sites excluding steroid dienone is 1. The summed E-state index contributed by atoms with van der Waals surface area (Å²) < 4.78 is 37.3. The van der Waals surface area contributed by atoms with Crippen LogP contribution in [0, 0.1) is 5.92 Å². The van der Waals surface area contributed by atoms with E-state index in [2.05, 4.69) is 0 Å². The molecule has 1 fully saturated rings. The van der Waals surface area contributed by atoms with Crippen molar-refractivity contribution in [3.63, 3.8) is 0 Å². The van der Waals surface area contributed by atoms with Gasteiger partial charge in [0.15, 0.2) is 5.78 Å². The van der Waals surface area contributed by atoms with E-state index in [0.717, 1.165) is 5.56 Å². The van der Waals surface area contributed by atoms with E-state index in [9.17, 15) is 22.8 Å². The maximum absolute atomic E-state index is 12.4. The van der Waals surface area contributed by atoms with Crippen LogP contribution < -0.4 is 0 Å². The Bertz CT molecular complexity index is 544. The van der Waals surface area contributed by atoms with Crippen LogP contribution in [0.1, 0.15) is 24.8 Å². The predicted molar refractivity (Wildman–Crippen MR) is 67.8 cm³/mol. The lowest BCUT2D eigenvalue weighted by Gasteiger charge is -2.22. The standard InChI is InChI=1S/C15H13F3O2/c16-15(17,18)14(20)12-8-4-7-11(13(12)19)9-10-5-2-1-3-6-10/h1-3,5-6,9,12H,4,7-8H2/b11-9-/t12-/m0/s1. The van der Waals surface area contributed by atoms with Gasteiger partial charge in [-0.05, 0) is 36.5 Å². The van der Waals surface area contributed by atoms with Gasteiger partial charge in [-0.1, -0.05) is 30.3 Å². The third kappa shape index (κ3) is 3.15. The first-order valence-corrected chi connectivity index (χ1v) is 6.30. The van der Waals surface area contributed by atoms with Crippen LogP contribution in [-0.2, 0) is 9.59 Å². The molecular weight excluding hydrogens is 269 g/mol. The molecule has 1 aliphatic carbocycles. The average Bonchev–Trinajstić information content (AvgIpc) is 2.40. The summed E-state index contributed by atoms with van der Waals surface area (Å²) in [5.41, 5.74) is 1.04. The molecule has 0 aliphatic heterocycles. The number of rotatable bonds is 2. The van der Waals surface area contributed by atoms with Crippen molar-refractivity contribution in [1.82, 2.24) is 0 Å². The van der Waals surface area contributed by atoms with Crippen molar-refractivity contribution in [2.24, 2.45) is 5.92 Å². The molecule has 106 valence electrons. The highest BCUT2D eigenvalue weighted by Crippen LogP contribution is 2.32. The molecule has 1 aromatic carbocycles. The highest BCUT2D eigenvalue weighted by Gasteiger charge is 2.47. The SMILES string of the molecule is O=C1/C(=C\c2ccccc2)CCC[C@@H]1C(=O)C(F)(F)F. The highest BCUT2D eigenvalue weighted by molar-refractivity contribution is 6.14. The summed E-state index contributed by atoms with van der Waals surface area (Å²) in [6.07, 6.45) is -2.58. The van der Waals surface area contributed by atoms with Crippen LogP contribution in [0.2, 0.25) is 0 Å². The van der Waals surface area contributed by atoms with Gasteiger partial charge in [0.25, 0.3) is 0 Å². The molecule has 2 nitrogen and oxygen atoms in total. The molecule has 1 aliphatic rings. The molecule has 0 heterocycles. The summed E-state index contributed by atoms with van der Waals surface area (Å²) in [7, 11) is 0. The van der Waals surface area contributed by atoms with Crippen molar-refractivity contribution < 1.29 is 22.8 Å². The first-order valence-electron chi connectivity index (χ1n) is 6.30. The van der Waals surface area contributed by atoms with Gasteiger partial charge in [0.2, 0.25) is 5.78 Å². The van der Waals surface area contributed by atoms with Gasteiger partial charge in [0.05, 0.1) is 5.92 Å². The summed E-state index contributed by atoms with van der Waals surface area (Å²) in [5.74, 6) is -4.19. The van der Waals surface area contributed by atoms with Crippen LogP contribution in [0.15, 0.2) is 35.9 Å². The van der Waals surface area contributed by atoms with Crippen molar-refractivity contribution in [3.05, 3.63) is 41.5 Å². The summed E-state index contributed by atoms with van der Waals surface area (Å²) in [6, 6.07) is 8.88. The maximum Gasteiger partial charge on any atom is 0.450 e. The minimum absolute atomic E-state index is 0.0245. The number of Topliss-reactive ketones (excluding diaryl/α,β-unsaturated/α-hetero) is 2. The number of carbonyl (C=O) groups is 2. The minimum atomic E-state index is -4.95. The number of alkyl halides is 3.